The summed E-state index contributed by atoms with van der Waals surface area (Å²) in [5.74, 6) is 1.99. The van der Waals surface area contributed by atoms with Crippen molar-refractivity contribution in [3.05, 3.63) is 35.3 Å². The van der Waals surface area contributed by atoms with Crippen LogP contribution in [-0.4, -0.2) is 24.5 Å². The van der Waals surface area contributed by atoms with Crippen LogP contribution in [-0.2, 0) is 19.4 Å². The van der Waals surface area contributed by atoms with Gasteiger partial charge in [0, 0.05) is 12.1 Å². The van der Waals surface area contributed by atoms with Gasteiger partial charge in [-0.15, -0.1) is 10.2 Å². The molecule has 0 N–H and O–H groups in total. The Morgan fingerprint density at radius 3 is 2.31 bits per heavy atom. The number of allylic oxidation sites excluding steroid dienone is 3. The third-order valence-electron chi connectivity index (χ3n) is 5.51. The molecule has 1 saturated carbocycles. The average molecular weight is 398 g/mol. The molecule has 0 bridgehead atoms. The van der Waals surface area contributed by atoms with Crippen LogP contribution in [0.3, 0.4) is 0 Å². The van der Waals surface area contributed by atoms with Crippen molar-refractivity contribution in [2.45, 2.75) is 99.1 Å². The van der Waals surface area contributed by atoms with Gasteiger partial charge in [-0.2, -0.15) is 5.10 Å². The lowest BCUT2D eigenvalue weighted by molar-refractivity contribution is 0.464. The van der Waals surface area contributed by atoms with Gasteiger partial charge in [0.05, 0.1) is 11.7 Å². The van der Waals surface area contributed by atoms with Gasteiger partial charge < -0.3 is 4.57 Å². The minimum absolute atomic E-state index is 0.543. The number of rotatable bonds is 4. The Balaban J connectivity index is 0.000000449. The highest BCUT2D eigenvalue weighted by Gasteiger charge is 2.31. The zero-order chi connectivity index (χ0) is 21.2. The Hall–Kier alpha value is -2.17. The predicted octanol–water partition coefficient (Wildman–Crippen LogP) is 6.41. The second kappa shape index (κ2) is 11.7. The molecule has 0 atom stereocenters. The molecule has 1 fully saturated rings. The van der Waals surface area contributed by atoms with Crippen molar-refractivity contribution in [1.29, 1.82) is 0 Å². The summed E-state index contributed by atoms with van der Waals surface area (Å²) in [4.78, 5) is 0. The predicted molar refractivity (Wildman–Crippen MR) is 123 cm³/mol. The first kappa shape index (κ1) is 23.1. The third-order valence-corrected chi connectivity index (χ3v) is 5.51. The molecule has 1 aliphatic heterocycles. The van der Waals surface area contributed by atoms with E-state index in [0.29, 0.717) is 6.04 Å². The van der Waals surface area contributed by atoms with Crippen molar-refractivity contribution in [3.63, 3.8) is 0 Å². The molecule has 0 radical (unpaired) electrons. The third kappa shape index (κ3) is 5.06. The summed E-state index contributed by atoms with van der Waals surface area (Å²) >= 11 is 0. The SMILES string of the molecule is C/C=C/C.CC.CC/C=C/c1nnc2n1CCc1c(CC)nn(C3CCCC3)c1-2. The standard InChI is InChI=1S/C18H25N5.C4H8.C2H6/c1-3-5-10-16-19-20-18-17-14(11-12-22(16)18)15(4-2)21-23(17)13-8-6-7-9-13;1-3-4-2;1-2/h5,10,13H,3-4,6-9,11-12H2,1-2H3;3-4H,1-2H3;1-2H3/b10-5+;4-3+;. The van der Waals surface area contributed by atoms with E-state index in [1.54, 1.807) is 0 Å². The van der Waals surface area contributed by atoms with Gasteiger partial charge in [0.25, 0.3) is 0 Å². The fourth-order valence-corrected chi connectivity index (χ4v) is 3.99. The Morgan fingerprint density at radius 1 is 1.03 bits per heavy atom. The molecule has 160 valence electrons. The number of hydrogen-bond donors (Lipinski definition) is 0. The molecule has 0 spiro atoms. The molecule has 2 aromatic heterocycles. The van der Waals surface area contributed by atoms with Crippen LogP contribution in [0.2, 0.25) is 0 Å². The summed E-state index contributed by atoms with van der Waals surface area (Å²) in [7, 11) is 0. The van der Waals surface area contributed by atoms with Crippen LogP contribution in [0.4, 0.5) is 0 Å². The van der Waals surface area contributed by atoms with Crippen molar-refractivity contribution in [3.8, 4) is 11.5 Å². The van der Waals surface area contributed by atoms with E-state index in [9.17, 15) is 0 Å². The number of aromatic nitrogens is 5. The van der Waals surface area contributed by atoms with Gasteiger partial charge in [-0.1, -0.05) is 58.8 Å². The van der Waals surface area contributed by atoms with Gasteiger partial charge in [0.2, 0.25) is 0 Å². The second-order valence-electron chi connectivity index (χ2n) is 7.27. The van der Waals surface area contributed by atoms with E-state index in [4.69, 9.17) is 5.10 Å². The molecule has 0 amide bonds. The fraction of sp³-hybridized carbons (Fsp3) is 0.625. The molecule has 3 heterocycles. The number of hydrogen-bond acceptors (Lipinski definition) is 3. The van der Waals surface area contributed by atoms with Gasteiger partial charge in [0.1, 0.15) is 5.69 Å². The van der Waals surface area contributed by atoms with Crippen molar-refractivity contribution >= 4 is 6.08 Å². The van der Waals surface area contributed by atoms with Crippen molar-refractivity contribution in [2.24, 2.45) is 0 Å². The number of nitrogens with zero attached hydrogens (tertiary/aromatic N) is 5. The summed E-state index contributed by atoms with van der Waals surface area (Å²) in [6.07, 6.45) is 16.4. The van der Waals surface area contributed by atoms with Crippen LogP contribution in [0.5, 0.6) is 0 Å². The van der Waals surface area contributed by atoms with E-state index in [1.807, 2.05) is 39.8 Å². The zero-order valence-corrected chi connectivity index (χ0v) is 19.3. The summed E-state index contributed by atoms with van der Waals surface area (Å²) in [6.45, 7) is 13.3. The van der Waals surface area contributed by atoms with Gasteiger partial charge in [-0.05, 0) is 52.0 Å². The first-order valence-corrected chi connectivity index (χ1v) is 11.5. The molecular formula is C24H39N5. The summed E-state index contributed by atoms with van der Waals surface area (Å²) in [6, 6.07) is 0.543. The zero-order valence-electron chi connectivity index (χ0n) is 19.3. The van der Waals surface area contributed by atoms with Crippen LogP contribution in [0.1, 0.15) is 96.8 Å². The molecule has 29 heavy (non-hydrogen) atoms. The van der Waals surface area contributed by atoms with E-state index in [2.05, 4.69) is 45.4 Å². The van der Waals surface area contributed by atoms with Gasteiger partial charge >= 0.3 is 0 Å². The maximum absolute atomic E-state index is 4.98. The Bertz CT molecular complexity index is 800. The maximum atomic E-state index is 4.98. The normalized spacial score (nSPS) is 15.7. The summed E-state index contributed by atoms with van der Waals surface area (Å²) in [5, 5.41) is 13.9. The highest BCUT2D eigenvalue weighted by molar-refractivity contribution is 5.61. The van der Waals surface area contributed by atoms with E-state index >= 15 is 0 Å². The van der Waals surface area contributed by atoms with Gasteiger partial charge in [-0.3, -0.25) is 4.68 Å². The van der Waals surface area contributed by atoms with E-state index in [0.717, 1.165) is 37.5 Å². The smallest absolute Gasteiger partial charge is 0.182 e. The van der Waals surface area contributed by atoms with Crippen LogP contribution < -0.4 is 0 Å². The lowest BCUT2D eigenvalue weighted by atomic mass is 10.0. The first-order valence-electron chi connectivity index (χ1n) is 11.5. The van der Waals surface area contributed by atoms with Crippen molar-refractivity contribution < 1.29 is 0 Å². The lowest BCUT2D eigenvalue weighted by Crippen LogP contribution is -2.16. The number of fused-ring (bicyclic) bond motifs is 3. The molecule has 0 aromatic carbocycles. The van der Waals surface area contributed by atoms with Crippen LogP contribution in [0.15, 0.2) is 18.2 Å². The Labute approximate surface area is 176 Å². The first-order chi connectivity index (χ1) is 14.2. The van der Waals surface area contributed by atoms with E-state index in [-0.39, 0.29) is 0 Å². The molecule has 1 aliphatic carbocycles. The Morgan fingerprint density at radius 2 is 1.72 bits per heavy atom. The highest BCUT2D eigenvalue weighted by Crippen LogP contribution is 2.38. The van der Waals surface area contributed by atoms with Crippen LogP contribution in [0.25, 0.3) is 17.6 Å². The molecular weight excluding hydrogens is 358 g/mol. The Kier molecular flexibility index (Phi) is 9.36. The molecule has 5 heteroatoms. The van der Waals surface area contributed by atoms with E-state index in [1.165, 1.54) is 42.6 Å². The maximum Gasteiger partial charge on any atom is 0.182 e. The average Bonchev–Trinajstić information content (AvgIpc) is 3.51. The summed E-state index contributed by atoms with van der Waals surface area (Å²) in [5.41, 5.74) is 3.90. The fourth-order valence-electron chi connectivity index (χ4n) is 3.99. The van der Waals surface area contributed by atoms with E-state index < -0.39 is 0 Å². The summed E-state index contributed by atoms with van der Waals surface area (Å²) < 4.78 is 4.55. The van der Waals surface area contributed by atoms with Crippen LogP contribution >= 0.6 is 0 Å². The molecule has 4 rings (SSSR count). The molecule has 0 unspecified atom stereocenters. The van der Waals surface area contributed by atoms with Crippen molar-refractivity contribution in [2.75, 3.05) is 0 Å². The van der Waals surface area contributed by atoms with Crippen LogP contribution in [0, 0.1) is 0 Å². The molecule has 2 aromatic rings. The minimum Gasteiger partial charge on any atom is -0.306 e. The largest absolute Gasteiger partial charge is 0.306 e. The topological polar surface area (TPSA) is 48.5 Å². The second-order valence-corrected chi connectivity index (χ2v) is 7.27. The monoisotopic (exact) mass is 397 g/mol. The minimum atomic E-state index is 0.543. The molecule has 5 nitrogen and oxygen atoms in total. The highest BCUT2D eigenvalue weighted by atomic mass is 15.4. The van der Waals surface area contributed by atoms with Gasteiger partial charge in [-0.25, -0.2) is 0 Å². The quantitative estimate of drug-likeness (QED) is 0.560. The molecule has 0 saturated heterocycles. The number of aryl methyl sites for hydroxylation is 1. The van der Waals surface area contributed by atoms with Gasteiger partial charge in [0.15, 0.2) is 11.6 Å². The molecule has 2 aliphatic rings. The lowest BCUT2D eigenvalue weighted by Gasteiger charge is -2.19. The van der Waals surface area contributed by atoms with Crippen molar-refractivity contribution in [1.82, 2.24) is 24.5 Å².